The molecule has 0 heterocycles. The third-order valence-corrected chi connectivity index (χ3v) is 5.71. The number of sulfonamides is 1. The van der Waals surface area contributed by atoms with Crippen LogP contribution in [0.15, 0.2) is 4.99 Å². The molecule has 134 valence electrons. The Morgan fingerprint density at radius 1 is 1.04 bits per heavy atom. The molecule has 0 amide bonds. The van der Waals surface area contributed by atoms with Crippen molar-refractivity contribution in [3.63, 3.8) is 0 Å². The summed E-state index contributed by atoms with van der Waals surface area (Å²) in [4.78, 5) is 4.50. The molecule has 23 heavy (non-hydrogen) atoms. The third kappa shape index (κ3) is 7.08. The summed E-state index contributed by atoms with van der Waals surface area (Å²) < 4.78 is 25.8. The Morgan fingerprint density at radius 3 is 2.30 bits per heavy atom. The molecule has 6 nitrogen and oxygen atoms in total. The number of nitrogens with two attached hydrogens (primary N) is 1. The molecule has 0 aromatic heterocycles. The molecule has 4 N–H and O–H groups in total. The number of hydrogen-bond acceptors (Lipinski definition) is 3. The van der Waals surface area contributed by atoms with Crippen LogP contribution in [0.5, 0.6) is 0 Å². The summed E-state index contributed by atoms with van der Waals surface area (Å²) >= 11 is 0. The Hall–Kier alpha value is -0.820. The molecule has 0 radical (unpaired) electrons. The van der Waals surface area contributed by atoms with Gasteiger partial charge in [-0.3, -0.25) is 4.99 Å². The first-order valence-electron chi connectivity index (χ1n) is 8.98. The average molecular weight is 345 g/mol. The molecule has 0 bridgehead atoms. The first-order chi connectivity index (χ1) is 10.9. The Bertz CT molecular complexity index is 484. The number of nitrogens with one attached hydrogen (secondary N) is 2. The van der Waals surface area contributed by atoms with Crippen LogP contribution in [0.1, 0.15) is 64.2 Å². The van der Waals surface area contributed by atoms with E-state index >= 15 is 0 Å². The summed E-state index contributed by atoms with van der Waals surface area (Å²) in [5, 5.41) is 3.35. The van der Waals surface area contributed by atoms with Crippen molar-refractivity contribution in [2.24, 2.45) is 16.6 Å². The molecule has 0 aliphatic heterocycles. The summed E-state index contributed by atoms with van der Waals surface area (Å²) in [5.74, 6) is 0.758. The van der Waals surface area contributed by atoms with Crippen molar-refractivity contribution < 1.29 is 8.42 Å². The van der Waals surface area contributed by atoms with Crippen molar-refractivity contribution in [1.29, 1.82) is 0 Å². The summed E-state index contributed by atoms with van der Waals surface area (Å²) in [6.45, 7) is 0.596. The second-order valence-electron chi connectivity index (χ2n) is 7.10. The normalized spacial score (nSPS) is 28.3. The van der Waals surface area contributed by atoms with E-state index in [1.807, 2.05) is 0 Å². The monoisotopic (exact) mass is 344 g/mol. The lowest BCUT2D eigenvalue weighted by Gasteiger charge is -2.30. The molecule has 2 aliphatic rings. The van der Waals surface area contributed by atoms with E-state index in [0.29, 0.717) is 18.5 Å². The van der Waals surface area contributed by atoms with E-state index in [-0.39, 0.29) is 12.0 Å². The minimum absolute atomic E-state index is 0.00631. The molecule has 0 saturated heterocycles. The van der Waals surface area contributed by atoms with Gasteiger partial charge in [-0.15, -0.1) is 0 Å². The fourth-order valence-corrected chi connectivity index (χ4v) is 4.61. The highest BCUT2D eigenvalue weighted by molar-refractivity contribution is 7.88. The van der Waals surface area contributed by atoms with Gasteiger partial charge in [0, 0.05) is 18.6 Å². The SMILES string of the molecule is CS(=O)(=O)NC1CCCCC1CN=C(N)NC1CCCCCC1. The van der Waals surface area contributed by atoms with Crippen LogP contribution in [0.4, 0.5) is 0 Å². The van der Waals surface area contributed by atoms with Gasteiger partial charge in [0.1, 0.15) is 0 Å². The third-order valence-electron chi connectivity index (χ3n) is 4.98. The van der Waals surface area contributed by atoms with Gasteiger partial charge in [0.15, 0.2) is 5.96 Å². The molecule has 7 heteroatoms. The Kier molecular flexibility index (Phi) is 7.14. The van der Waals surface area contributed by atoms with Crippen LogP contribution in [0.25, 0.3) is 0 Å². The number of rotatable bonds is 5. The van der Waals surface area contributed by atoms with E-state index in [1.165, 1.54) is 31.9 Å². The van der Waals surface area contributed by atoms with Crippen molar-refractivity contribution in [2.75, 3.05) is 12.8 Å². The van der Waals surface area contributed by atoms with Crippen molar-refractivity contribution >= 4 is 16.0 Å². The van der Waals surface area contributed by atoms with Gasteiger partial charge in [-0.05, 0) is 31.6 Å². The molecule has 2 saturated carbocycles. The van der Waals surface area contributed by atoms with Gasteiger partial charge in [0.25, 0.3) is 0 Å². The van der Waals surface area contributed by atoms with Gasteiger partial charge in [-0.2, -0.15) is 0 Å². The van der Waals surface area contributed by atoms with Crippen molar-refractivity contribution in [1.82, 2.24) is 10.0 Å². The summed E-state index contributed by atoms with van der Waals surface area (Å²) in [7, 11) is -3.17. The summed E-state index contributed by atoms with van der Waals surface area (Å²) in [5.41, 5.74) is 6.05. The van der Waals surface area contributed by atoms with E-state index in [1.54, 1.807) is 0 Å². The smallest absolute Gasteiger partial charge is 0.208 e. The first kappa shape index (κ1) is 18.5. The lowest BCUT2D eigenvalue weighted by atomic mass is 9.85. The topological polar surface area (TPSA) is 96.6 Å². The fourth-order valence-electron chi connectivity index (χ4n) is 3.75. The largest absolute Gasteiger partial charge is 0.370 e. The molecular weight excluding hydrogens is 312 g/mol. The molecule has 0 aromatic carbocycles. The van der Waals surface area contributed by atoms with Crippen LogP contribution < -0.4 is 15.8 Å². The van der Waals surface area contributed by atoms with Gasteiger partial charge in [-0.1, -0.05) is 38.5 Å². The van der Waals surface area contributed by atoms with E-state index in [4.69, 9.17) is 5.73 Å². The van der Waals surface area contributed by atoms with Gasteiger partial charge >= 0.3 is 0 Å². The average Bonchev–Trinajstić information content (AvgIpc) is 2.73. The minimum Gasteiger partial charge on any atom is -0.370 e. The highest BCUT2D eigenvalue weighted by Crippen LogP contribution is 2.25. The predicted molar refractivity (Wildman–Crippen MR) is 94.8 cm³/mol. The maximum atomic E-state index is 11.5. The molecule has 2 rings (SSSR count). The van der Waals surface area contributed by atoms with Crippen LogP contribution >= 0.6 is 0 Å². The van der Waals surface area contributed by atoms with Crippen molar-refractivity contribution in [2.45, 2.75) is 76.3 Å². The fraction of sp³-hybridized carbons (Fsp3) is 0.938. The van der Waals surface area contributed by atoms with Crippen LogP contribution in [0, 0.1) is 5.92 Å². The van der Waals surface area contributed by atoms with Crippen LogP contribution in [0.2, 0.25) is 0 Å². The number of hydrogen-bond donors (Lipinski definition) is 3. The second kappa shape index (κ2) is 8.87. The van der Waals surface area contributed by atoms with Crippen LogP contribution in [-0.2, 0) is 10.0 Å². The highest BCUT2D eigenvalue weighted by atomic mass is 32.2. The lowest BCUT2D eigenvalue weighted by molar-refractivity contribution is 0.296. The van der Waals surface area contributed by atoms with E-state index in [0.717, 1.165) is 38.5 Å². The molecule has 0 spiro atoms. The second-order valence-corrected chi connectivity index (χ2v) is 8.88. The van der Waals surface area contributed by atoms with E-state index in [9.17, 15) is 8.42 Å². The van der Waals surface area contributed by atoms with Gasteiger partial charge in [0.2, 0.25) is 10.0 Å². The predicted octanol–water partition coefficient (Wildman–Crippen LogP) is 1.72. The van der Waals surface area contributed by atoms with Crippen LogP contribution in [-0.4, -0.2) is 39.3 Å². The summed E-state index contributed by atoms with van der Waals surface area (Å²) in [6.07, 6.45) is 12.8. The van der Waals surface area contributed by atoms with Crippen molar-refractivity contribution in [3.8, 4) is 0 Å². The Labute approximate surface area is 140 Å². The Morgan fingerprint density at radius 2 is 1.65 bits per heavy atom. The number of nitrogens with zero attached hydrogens (tertiary/aromatic N) is 1. The van der Waals surface area contributed by atoms with Gasteiger partial charge in [0.05, 0.1) is 6.26 Å². The minimum atomic E-state index is -3.17. The zero-order valence-corrected chi connectivity index (χ0v) is 15.1. The Balaban J connectivity index is 1.85. The number of guanidine groups is 1. The quantitative estimate of drug-likeness (QED) is 0.402. The molecule has 2 unspecified atom stereocenters. The molecule has 2 atom stereocenters. The van der Waals surface area contributed by atoms with Gasteiger partial charge in [-0.25, -0.2) is 13.1 Å². The molecule has 2 fully saturated rings. The molecule has 2 aliphatic carbocycles. The zero-order chi connectivity index (χ0) is 16.7. The highest BCUT2D eigenvalue weighted by Gasteiger charge is 2.27. The molecule has 0 aromatic rings. The van der Waals surface area contributed by atoms with E-state index < -0.39 is 10.0 Å². The standard InChI is InChI=1S/C16H32N4O2S/c1-23(21,22)20-15-11-7-6-8-13(15)12-18-16(17)19-14-9-4-2-3-5-10-14/h13-15,20H,2-12H2,1H3,(H3,17,18,19). The maximum absolute atomic E-state index is 11.5. The summed E-state index contributed by atoms with van der Waals surface area (Å²) in [6, 6.07) is 0.436. The number of aliphatic imine (C=N–C) groups is 1. The lowest BCUT2D eigenvalue weighted by Crippen LogP contribution is -2.44. The van der Waals surface area contributed by atoms with Gasteiger partial charge < -0.3 is 11.1 Å². The first-order valence-corrected chi connectivity index (χ1v) is 10.9. The maximum Gasteiger partial charge on any atom is 0.208 e. The molecular formula is C16H32N4O2S. The van der Waals surface area contributed by atoms with E-state index in [2.05, 4.69) is 15.0 Å². The zero-order valence-electron chi connectivity index (χ0n) is 14.3. The van der Waals surface area contributed by atoms with Crippen LogP contribution in [0.3, 0.4) is 0 Å². The van der Waals surface area contributed by atoms with Crippen molar-refractivity contribution in [3.05, 3.63) is 0 Å².